The van der Waals surface area contributed by atoms with E-state index in [1.807, 2.05) is 27.7 Å². The minimum absolute atomic E-state index is 0. The van der Waals surface area contributed by atoms with Gasteiger partial charge >= 0.3 is 5.16 Å². The number of aromatic nitrogens is 3. The first-order valence-corrected chi connectivity index (χ1v) is 11.4. The molecule has 3 aromatic rings. The van der Waals surface area contributed by atoms with Crippen LogP contribution in [0.25, 0.3) is 11.0 Å². The number of imidazole rings is 1. The zero-order valence-corrected chi connectivity index (χ0v) is 21.8. The van der Waals surface area contributed by atoms with Gasteiger partial charge in [-0.3, -0.25) is 9.97 Å². The minimum atomic E-state index is -1.46. The van der Waals surface area contributed by atoms with E-state index in [1.54, 1.807) is 12.3 Å². The number of H-pyrrole nitrogens is 1. The summed E-state index contributed by atoms with van der Waals surface area (Å²) in [6.45, 7) is 9.23. The number of benzene rings is 1. The molecule has 7 nitrogen and oxygen atoms in total. The van der Waals surface area contributed by atoms with Crippen LogP contribution in [0.5, 0.6) is 5.75 Å². The van der Waals surface area contributed by atoms with Crippen LogP contribution in [0.2, 0.25) is 0 Å². The molecule has 1 radical (unpaired) electrons. The van der Waals surface area contributed by atoms with Gasteiger partial charge in [-0.1, -0.05) is 0 Å². The molecule has 1 atom stereocenters. The average molecular weight is 471 g/mol. The summed E-state index contributed by atoms with van der Waals surface area (Å²) in [6, 6.07) is 4.24. The summed E-state index contributed by atoms with van der Waals surface area (Å²) < 4.78 is 43.8. The number of hydrogen-bond donors (Lipinski definition) is 1. The van der Waals surface area contributed by atoms with Gasteiger partial charge in [0, 0.05) is 70.0 Å². The largest absolute Gasteiger partial charge is 0.609 e. The molecule has 1 saturated heterocycles. The first kappa shape index (κ1) is 25.4. The Morgan fingerprint density at radius 2 is 2.00 bits per heavy atom. The summed E-state index contributed by atoms with van der Waals surface area (Å²) in [5.74, 6) is 0.103. The summed E-state index contributed by atoms with van der Waals surface area (Å²) in [7, 11) is 0. The molecule has 1 aromatic carbocycles. The van der Waals surface area contributed by atoms with E-state index < -0.39 is 17.0 Å². The zero-order chi connectivity index (χ0) is 22.2. The van der Waals surface area contributed by atoms with Crippen LogP contribution in [0.4, 0.5) is 4.39 Å². The van der Waals surface area contributed by atoms with Gasteiger partial charge in [0.25, 0.3) is 0 Å². The van der Waals surface area contributed by atoms with Crippen LogP contribution in [0, 0.1) is 25.6 Å². The number of nitrogens with one attached hydrogen (secondary N) is 1. The Balaban J connectivity index is 0.00000289. The van der Waals surface area contributed by atoms with E-state index in [1.165, 1.54) is 12.1 Å². The Kier molecular flexibility index (Phi) is 8.25. The summed E-state index contributed by atoms with van der Waals surface area (Å²) in [5, 5.41) is 0.295. The molecule has 1 fully saturated rings. The second kappa shape index (κ2) is 10.4. The normalized spacial score (nSPS) is 17.2. The molecular formula is C22H26FN3NaO4S. The molecule has 0 amide bonds. The van der Waals surface area contributed by atoms with Crippen LogP contribution < -0.4 is 4.74 Å². The Bertz CT molecular complexity index is 1080. The topological polar surface area (TPSA) is 92.3 Å². The maximum atomic E-state index is 13.4. The molecule has 1 aliphatic rings. The molecular weight excluding hydrogens is 444 g/mol. The predicted octanol–water partition coefficient (Wildman–Crippen LogP) is 3.42. The molecule has 0 bridgehead atoms. The maximum Gasteiger partial charge on any atom is 0.322 e. The van der Waals surface area contributed by atoms with E-state index >= 15 is 0 Å². The molecule has 4 rings (SSSR count). The van der Waals surface area contributed by atoms with Gasteiger partial charge in [0.1, 0.15) is 11.6 Å². The third-order valence-corrected chi connectivity index (χ3v) is 6.41. The fourth-order valence-corrected chi connectivity index (χ4v) is 4.50. The number of ether oxygens (including phenoxy) is 3. The molecule has 3 heterocycles. The van der Waals surface area contributed by atoms with Crippen molar-refractivity contribution in [2.45, 2.75) is 44.4 Å². The molecule has 2 aromatic heterocycles. The zero-order valence-electron chi connectivity index (χ0n) is 19.0. The number of hydrogen-bond acceptors (Lipinski definition) is 6. The Morgan fingerprint density at radius 1 is 1.28 bits per heavy atom. The molecule has 1 N–H and O–H groups in total. The van der Waals surface area contributed by atoms with Crippen molar-refractivity contribution >= 4 is 51.8 Å². The van der Waals surface area contributed by atoms with Gasteiger partial charge in [0.05, 0.1) is 36.5 Å². The molecule has 0 aliphatic carbocycles. The molecule has 32 heavy (non-hydrogen) atoms. The Morgan fingerprint density at radius 3 is 2.72 bits per heavy atom. The van der Waals surface area contributed by atoms with Crippen molar-refractivity contribution in [1.29, 1.82) is 0 Å². The van der Waals surface area contributed by atoms with Gasteiger partial charge in [0.2, 0.25) is 0 Å². The second-order valence-electron chi connectivity index (χ2n) is 8.23. The number of pyridine rings is 1. The smallest absolute Gasteiger partial charge is 0.322 e. The number of aryl methyl sites for hydroxylation is 1. The van der Waals surface area contributed by atoms with Gasteiger partial charge in [0.15, 0.2) is 11.5 Å². The second-order valence-corrected chi connectivity index (χ2v) is 9.60. The monoisotopic (exact) mass is 470 g/mol. The van der Waals surface area contributed by atoms with E-state index in [9.17, 15) is 8.94 Å². The van der Waals surface area contributed by atoms with E-state index in [2.05, 4.69) is 15.0 Å². The van der Waals surface area contributed by atoms with Gasteiger partial charge in [-0.15, -0.1) is 0 Å². The van der Waals surface area contributed by atoms with Crippen molar-refractivity contribution in [1.82, 2.24) is 15.0 Å². The first-order chi connectivity index (χ1) is 14.7. The van der Waals surface area contributed by atoms with Crippen LogP contribution in [-0.4, -0.2) is 74.7 Å². The quantitative estimate of drug-likeness (QED) is 0.438. The number of rotatable bonds is 6. The third-order valence-electron chi connectivity index (χ3n) is 5.25. The minimum Gasteiger partial charge on any atom is -0.609 e. The summed E-state index contributed by atoms with van der Waals surface area (Å²) in [4.78, 5) is 11.7. The molecule has 167 valence electrons. The number of aromatic amines is 1. The third kappa shape index (κ3) is 5.83. The Hall–Kier alpha value is -1.20. The summed E-state index contributed by atoms with van der Waals surface area (Å²) in [6.07, 6.45) is 1.72. The van der Waals surface area contributed by atoms with Gasteiger partial charge < -0.3 is 18.8 Å². The van der Waals surface area contributed by atoms with Crippen molar-refractivity contribution in [2.75, 3.05) is 19.8 Å². The van der Waals surface area contributed by atoms with Crippen molar-refractivity contribution < 1.29 is 23.2 Å². The van der Waals surface area contributed by atoms with E-state index in [0.717, 1.165) is 16.9 Å². The first-order valence-electron chi connectivity index (χ1n) is 10.1. The van der Waals surface area contributed by atoms with Crippen LogP contribution in [-0.2, 0) is 26.4 Å². The number of nitrogens with zero attached hydrogens (tertiary/aromatic N) is 2. The predicted molar refractivity (Wildman–Crippen MR) is 121 cm³/mol. The molecule has 10 heteroatoms. The van der Waals surface area contributed by atoms with Crippen molar-refractivity contribution in [3.05, 3.63) is 47.0 Å². The van der Waals surface area contributed by atoms with Crippen LogP contribution in [0.15, 0.2) is 29.6 Å². The maximum absolute atomic E-state index is 13.4. The number of fused-ring (bicyclic) bond motifs is 1. The van der Waals surface area contributed by atoms with Gasteiger partial charge in [-0.2, -0.15) is 4.98 Å². The van der Waals surface area contributed by atoms with Crippen molar-refractivity contribution in [3.63, 3.8) is 0 Å². The van der Waals surface area contributed by atoms with E-state index in [-0.39, 0.29) is 47.0 Å². The average Bonchev–Trinajstić information content (AvgIpc) is 3.14. The number of halogens is 1. The van der Waals surface area contributed by atoms with Crippen LogP contribution in [0.1, 0.15) is 30.7 Å². The fourth-order valence-electron chi connectivity index (χ4n) is 3.40. The molecule has 0 saturated carbocycles. The molecule has 1 unspecified atom stereocenters. The summed E-state index contributed by atoms with van der Waals surface area (Å²) in [5.41, 5.74) is 3.50. The standard InChI is InChI=1S/C22H26FN3O4S.Na/c1-13-8-24-19(12-31(27)21-25-17-6-5-16(23)7-18(17)26-21)14(2)20(13)28-9-15-10-29-22(3,4)30-11-15;/h5-8,15H,9-12H2,1-4H3,(H,25,26);. The van der Waals surface area contributed by atoms with Gasteiger partial charge in [-0.25, -0.2) is 4.39 Å². The van der Waals surface area contributed by atoms with E-state index in [4.69, 9.17) is 14.2 Å². The molecule has 0 spiro atoms. The van der Waals surface area contributed by atoms with Crippen molar-refractivity contribution in [2.24, 2.45) is 5.92 Å². The van der Waals surface area contributed by atoms with E-state index in [0.29, 0.717) is 41.7 Å². The van der Waals surface area contributed by atoms with Crippen LogP contribution in [0.3, 0.4) is 0 Å². The van der Waals surface area contributed by atoms with Gasteiger partial charge in [-0.05, 0) is 39.8 Å². The molecule has 1 aliphatic heterocycles. The van der Waals surface area contributed by atoms with Crippen molar-refractivity contribution in [3.8, 4) is 5.75 Å². The summed E-state index contributed by atoms with van der Waals surface area (Å²) >= 11 is -1.46. The van der Waals surface area contributed by atoms with Crippen LogP contribution >= 0.6 is 0 Å². The SMILES string of the molecule is Cc1cnc(C[S+]([O-])c2nc3cc(F)ccc3[nH]2)c(C)c1OCC1COC(C)(C)OC1.[Na]. The fraction of sp³-hybridized carbons (Fsp3) is 0.455. The Labute approximate surface area is 211 Å².